The van der Waals surface area contributed by atoms with Gasteiger partial charge in [0.2, 0.25) is 5.91 Å². The summed E-state index contributed by atoms with van der Waals surface area (Å²) in [5, 5.41) is 4.50. The molecule has 5 nitrogen and oxygen atoms in total. The van der Waals surface area contributed by atoms with Crippen LogP contribution in [-0.2, 0) is 22.5 Å². The minimum Gasteiger partial charge on any atom is -0.381 e. The van der Waals surface area contributed by atoms with Crippen molar-refractivity contribution in [3.05, 3.63) is 88.8 Å². The quantitative estimate of drug-likeness (QED) is 0.683. The Morgan fingerprint density at radius 1 is 1.03 bits per heavy atom. The van der Waals surface area contributed by atoms with E-state index < -0.39 is 0 Å². The van der Waals surface area contributed by atoms with E-state index in [0.717, 1.165) is 23.4 Å². The molecule has 5 rings (SSSR count). The van der Waals surface area contributed by atoms with Crippen LogP contribution in [0.1, 0.15) is 40.5 Å². The van der Waals surface area contributed by atoms with Gasteiger partial charge in [0.05, 0.1) is 25.0 Å². The molecule has 1 atom stereocenters. The second kappa shape index (κ2) is 7.84. The van der Waals surface area contributed by atoms with E-state index in [-0.39, 0.29) is 17.7 Å². The van der Waals surface area contributed by atoms with E-state index in [1.165, 1.54) is 11.1 Å². The van der Waals surface area contributed by atoms with Gasteiger partial charge >= 0.3 is 0 Å². The van der Waals surface area contributed by atoms with E-state index in [1.54, 1.807) is 0 Å². The fraction of sp³-hybridized carbons (Fsp3) is 0.333. The molecule has 1 aromatic heterocycles. The van der Waals surface area contributed by atoms with Crippen molar-refractivity contribution in [2.24, 2.45) is 5.92 Å². The van der Waals surface area contributed by atoms with Crippen LogP contribution < -0.4 is 0 Å². The Morgan fingerprint density at radius 3 is 2.34 bits per heavy atom. The predicted octanol–water partition coefficient (Wildman–Crippen LogP) is 3.78. The van der Waals surface area contributed by atoms with Crippen molar-refractivity contribution in [3.63, 3.8) is 0 Å². The van der Waals surface area contributed by atoms with Gasteiger partial charge in [-0.15, -0.1) is 0 Å². The van der Waals surface area contributed by atoms with Gasteiger partial charge in [0.1, 0.15) is 11.5 Å². The molecule has 0 saturated carbocycles. The molecule has 29 heavy (non-hydrogen) atoms. The molecule has 2 aliphatic rings. The van der Waals surface area contributed by atoms with E-state index >= 15 is 0 Å². The standard InChI is InChI=1S/C24H24N2O3/c27-24(19-12-14-28-16-19)26-13-11-21-20(15-26)23(25-29-21)22(17-7-3-1-4-8-17)18-9-5-2-6-10-18/h1-10,19,22H,11-16H2/t19-/m1/s1. The molecule has 148 valence electrons. The highest BCUT2D eigenvalue weighted by molar-refractivity contribution is 5.79. The number of benzene rings is 2. The van der Waals surface area contributed by atoms with Crippen molar-refractivity contribution in [2.45, 2.75) is 25.3 Å². The number of carbonyl (C=O) groups excluding carboxylic acids is 1. The average molecular weight is 388 g/mol. The SMILES string of the molecule is O=C([C@@H]1CCOC1)N1CCc2onc(C(c3ccccc3)c3ccccc3)c2C1. The molecule has 2 aliphatic heterocycles. The molecule has 0 bridgehead atoms. The molecule has 5 heteroatoms. The molecule has 3 heterocycles. The third-order valence-electron chi connectivity index (χ3n) is 5.99. The van der Waals surface area contributed by atoms with Crippen LogP contribution >= 0.6 is 0 Å². The first-order chi connectivity index (χ1) is 14.3. The van der Waals surface area contributed by atoms with Crippen molar-refractivity contribution < 1.29 is 14.1 Å². The number of hydrogen-bond acceptors (Lipinski definition) is 4. The first-order valence-corrected chi connectivity index (χ1v) is 10.2. The number of amides is 1. The molecular formula is C24H24N2O3. The van der Waals surface area contributed by atoms with Crippen LogP contribution in [0, 0.1) is 5.92 Å². The van der Waals surface area contributed by atoms with E-state index in [1.807, 2.05) is 41.3 Å². The van der Waals surface area contributed by atoms with Crippen molar-refractivity contribution in [1.82, 2.24) is 10.1 Å². The van der Waals surface area contributed by atoms with E-state index in [2.05, 4.69) is 29.4 Å². The summed E-state index contributed by atoms with van der Waals surface area (Å²) in [4.78, 5) is 14.9. The summed E-state index contributed by atoms with van der Waals surface area (Å²) in [6.45, 7) is 2.45. The van der Waals surface area contributed by atoms with E-state index in [9.17, 15) is 4.79 Å². The van der Waals surface area contributed by atoms with Crippen molar-refractivity contribution in [2.75, 3.05) is 19.8 Å². The summed E-state index contributed by atoms with van der Waals surface area (Å²) in [6.07, 6.45) is 1.52. The topological polar surface area (TPSA) is 55.6 Å². The Kier molecular flexibility index (Phi) is 4.90. The lowest BCUT2D eigenvalue weighted by atomic mass is 9.85. The van der Waals surface area contributed by atoms with Crippen LogP contribution in [-0.4, -0.2) is 35.7 Å². The number of carbonyl (C=O) groups is 1. The van der Waals surface area contributed by atoms with Gasteiger partial charge in [-0.05, 0) is 17.5 Å². The molecule has 1 amide bonds. The zero-order valence-corrected chi connectivity index (χ0v) is 16.3. The fourth-order valence-electron chi connectivity index (χ4n) is 4.43. The van der Waals surface area contributed by atoms with E-state index in [0.29, 0.717) is 32.7 Å². The van der Waals surface area contributed by atoms with Gasteiger partial charge in [0, 0.05) is 25.1 Å². The fourth-order valence-corrected chi connectivity index (χ4v) is 4.43. The molecule has 0 N–H and O–H groups in total. The van der Waals surface area contributed by atoms with Crippen LogP contribution in [0.25, 0.3) is 0 Å². The third-order valence-corrected chi connectivity index (χ3v) is 5.99. The van der Waals surface area contributed by atoms with Gasteiger partial charge in [0.25, 0.3) is 0 Å². The van der Waals surface area contributed by atoms with Crippen LogP contribution in [0.4, 0.5) is 0 Å². The highest BCUT2D eigenvalue weighted by atomic mass is 16.5. The van der Waals surface area contributed by atoms with Gasteiger partial charge < -0.3 is 14.2 Å². The Labute approximate surface area is 170 Å². The minimum absolute atomic E-state index is 0.0149. The lowest BCUT2D eigenvalue weighted by Gasteiger charge is -2.29. The molecule has 0 spiro atoms. The molecule has 3 aromatic rings. The molecule has 1 saturated heterocycles. The lowest BCUT2D eigenvalue weighted by Crippen LogP contribution is -2.40. The van der Waals surface area contributed by atoms with Crippen molar-refractivity contribution in [1.29, 1.82) is 0 Å². The largest absolute Gasteiger partial charge is 0.381 e. The summed E-state index contributed by atoms with van der Waals surface area (Å²) in [5.41, 5.74) is 4.31. The number of hydrogen-bond donors (Lipinski definition) is 0. The summed E-state index contributed by atoms with van der Waals surface area (Å²) in [6, 6.07) is 20.7. The van der Waals surface area contributed by atoms with Gasteiger partial charge in [-0.3, -0.25) is 4.79 Å². The Balaban J connectivity index is 1.51. The Morgan fingerprint density at radius 2 is 1.72 bits per heavy atom. The molecule has 0 aliphatic carbocycles. The Hall–Kier alpha value is -2.92. The number of rotatable bonds is 4. The maximum Gasteiger partial charge on any atom is 0.228 e. The zero-order valence-electron chi connectivity index (χ0n) is 16.3. The minimum atomic E-state index is -0.0187. The third kappa shape index (κ3) is 3.47. The second-order valence-electron chi connectivity index (χ2n) is 7.79. The maximum absolute atomic E-state index is 12.9. The second-order valence-corrected chi connectivity index (χ2v) is 7.79. The predicted molar refractivity (Wildman–Crippen MR) is 108 cm³/mol. The molecular weight excluding hydrogens is 364 g/mol. The molecule has 2 aromatic carbocycles. The Bertz CT molecular complexity index is 938. The normalized spacial score (nSPS) is 18.8. The van der Waals surface area contributed by atoms with Gasteiger partial charge in [-0.1, -0.05) is 65.8 Å². The smallest absolute Gasteiger partial charge is 0.228 e. The molecule has 1 fully saturated rings. The average Bonchev–Trinajstić information content (AvgIpc) is 3.45. The first-order valence-electron chi connectivity index (χ1n) is 10.2. The van der Waals surface area contributed by atoms with Crippen LogP contribution in [0.3, 0.4) is 0 Å². The summed E-state index contributed by atoms with van der Waals surface area (Å²) < 4.78 is 11.2. The lowest BCUT2D eigenvalue weighted by molar-refractivity contribution is -0.136. The number of fused-ring (bicyclic) bond motifs is 1. The van der Waals surface area contributed by atoms with Crippen molar-refractivity contribution in [3.8, 4) is 0 Å². The maximum atomic E-state index is 12.9. The van der Waals surface area contributed by atoms with Crippen LogP contribution in [0.5, 0.6) is 0 Å². The van der Waals surface area contributed by atoms with Gasteiger partial charge in [-0.25, -0.2) is 0 Å². The van der Waals surface area contributed by atoms with Gasteiger partial charge in [0.15, 0.2) is 0 Å². The number of aromatic nitrogens is 1. The highest BCUT2D eigenvalue weighted by Gasteiger charge is 2.34. The van der Waals surface area contributed by atoms with Crippen LogP contribution in [0.15, 0.2) is 65.2 Å². The summed E-state index contributed by atoms with van der Waals surface area (Å²) in [5.74, 6) is 1.06. The zero-order chi connectivity index (χ0) is 19.6. The molecule has 0 unspecified atom stereocenters. The number of ether oxygens (including phenoxy) is 1. The van der Waals surface area contributed by atoms with Crippen molar-refractivity contribution >= 4 is 5.91 Å². The monoisotopic (exact) mass is 388 g/mol. The van der Waals surface area contributed by atoms with E-state index in [4.69, 9.17) is 9.26 Å². The summed E-state index contributed by atoms with van der Waals surface area (Å²) >= 11 is 0. The van der Waals surface area contributed by atoms with Crippen LogP contribution in [0.2, 0.25) is 0 Å². The summed E-state index contributed by atoms with van der Waals surface area (Å²) in [7, 11) is 0. The highest BCUT2D eigenvalue weighted by Crippen LogP contribution is 2.36. The van der Waals surface area contributed by atoms with Gasteiger partial charge in [-0.2, -0.15) is 0 Å². The first kappa shape index (κ1) is 18.1. The molecule has 0 radical (unpaired) electrons. The number of nitrogens with zero attached hydrogens (tertiary/aromatic N) is 2.